The van der Waals surface area contributed by atoms with Crippen LogP contribution in [0.1, 0.15) is 41.2 Å². The molecule has 2 atom stereocenters. The number of aliphatic hydroxyl groups is 1. The zero-order chi connectivity index (χ0) is 14.6. The van der Waals surface area contributed by atoms with Crippen LogP contribution in [0.4, 0.5) is 0 Å². The van der Waals surface area contributed by atoms with Crippen molar-refractivity contribution >= 4 is 5.97 Å². The van der Waals surface area contributed by atoms with Crippen LogP contribution in [0.5, 0.6) is 0 Å². The molecule has 1 rings (SSSR count). The SMILES string of the molecule is CNC(CCC(=O)O)C(O)c1c(C)cc(C)cc1C. The topological polar surface area (TPSA) is 69.6 Å². The van der Waals surface area contributed by atoms with Gasteiger partial charge in [-0.25, -0.2) is 0 Å². The number of aliphatic carboxylic acids is 1. The highest BCUT2D eigenvalue weighted by atomic mass is 16.4. The smallest absolute Gasteiger partial charge is 0.303 e. The molecule has 1 aromatic rings. The van der Waals surface area contributed by atoms with Crippen molar-refractivity contribution in [3.8, 4) is 0 Å². The lowest BCUT2D eigenvalue weighted by atomic mass is 9.90. The Kier molecular flexibility index (Phi) is 5.51. The number of aliphatic hydroxyl groups excluding tert-OH is 1. The third-order valence-electron chi connectivity index (χ3n) is 3.45. The summed E-state index contributed by atoms with van der Waals surface area (Å²) in [6, 6.07) is 3.82. The van der Waals surface area contributed by atoms with Crippen molar-refractivity contribution in [3.63, 3.8) is 0 Å². The molecule has 0 fully saturated rings. The molecular weight excluding hydrogens is 242 g/mol. The first kappa shape index (κ1) is 15.7. The second-order valence-electron chi connectivity index (χ2n) is 5.08. The van der Waals surface area contributed by atoms with E-state index in [1.807, 2.05) is 32.9 Å². The monoisotopic (exact) mass is 265 g/mol. The van der Waals surface area contributed by atoms with Gasteiger partial charge in [-0.3, -0.25) is 4.79 Å². The molecule has 0 spiro atoms. The summed E-state index contributed by atoms with van der Waals surface area (Å²) >= 11 is 0. The lowest BCUT2D eigenvalue weighted by Gasteiger charge is -2.25. The summed E-state index contributed by atoms with van der Waals surface area (Å²) in [5.74, 6) is -0.843. The van der Waals surface area contributed by atoms with Crippen molar-refractivity contribution in [2.24, 2.45) is 0 Å². The van der Waals surface area contributed by atoms with Gasteiger partial charge in [0.2, 0.25) is 0 Å². The summed E-state index contributed by atoms with van der Waals surface area (Å²) in [6.45, 7) is 5.97. The lowest BCUT2D eigenvalue weighted by molar-refractivity contribution is -0.137. The number of nitrogens with one attached hydrogen (secondary N) is 1. The molecule has 106 valence electrons. The van der Waals surface area contributed by atoms with Crippen LogP contribution in [0.2, 0.25) is 0 Å². The molecule has 2 unspecified atom stereocenters. The number of hydrogen-bond acceptors (Lipinski definition) is 3. The van der Waals surface area contributed by atoms with Crippen molar-refractivity contribution < 1.29 is 15.0 Å². The number of carboxylic acids is 1. The van der Waals surface area contributed by atoms with Crippen LogP contribution in [-0.2, 0) is 4.79 Å². The maximum atomic E-state index is 10.6. The van der Waals surface area contributed by atoms with Crippen molar-refractivity contribution in [1.82, 2.24) is 5.32 Å². The summed E-state index contributed by atoms with van der Waals surface area (Å²) < 4.78 is 0. The zero-order valence-corrected chi connectivity index (χ0v) is 12.0. The van der Waals surface area contributed by atoms with Crippen LogP contribution >= 0.6 is 0 Å². The molecule has 0 aliphatic carbocycles. The van der Waals surface area contributed by atoms with E-state index in [-0.39, 0.29) is 12.5 Å². The van der Waals surface area contributed by atoms with E-state index in [1.165, 1.54) is 0 Å². The van der Waals surface area contributed by atoms with Gasteiger partial charge in [-0.1, -0.05) is 17.7 Å². The van der Waals surface area contributed by atoms with E-state index in [4.69, 9.17) is 5.11 Å². The molecule has 0 amide bonds. The predicted octanol–water partition coefficient (Wildman–Crippen LogP) is 2.10. The quantitative estimate of drug-likeness (QED) is 0.736. The Morgan fingerprint density at radius 3 is 2.21 bits per heavy atom. The summed E-state index contributed by atoms with van der Waals surface area (Å²) in [4.78, 5) is 10.6. The van der Waals surface area contributed by atoms with Crippen LogP contribution in [0.15, 0.2) is 12.1 Å². The van der Waals surface area contributed by atoms with E-state index >= 15 is 0 Å². The van der Waals surface area contributed by atoms with Gasteiger partial charge in [-0.2, -0.15) is 0 Å². The largest absolute Gasteiger partial charge is 0.481 e. The van der Waals surface area contributed by atoms with Gasteiger partial charge in [0.05, 0.1) is 6.10 Å². The predicted molar refractivity (Wildman–Crippen MR) is 75.3 cm³/mol. The van der Waals surface area contributed by atoms with E-state index in [1.54, 1.807) is 7.05 Å². The first-order valence-corrected chi connectivity index (χ1v) is 6.51. The Morgan fingerprint density at radius 1 is 1.26 bits per heavy atom. The second kappa shape index (κ2) is 6.68. The standard InChI is InChI=1S/C15H23NO3/c1-9-7-10(2)14(11(3)8-9)15(19)12(16-4)5-6-13(17)18/h7-8,12,15-16,19H,5-6H2,1-4H3,(H,17,18). The van der Waals surface area contributed by atoms with Gasteiger partial charge in [-0.05, 0) is 50.9 Å². The molecule has 4 nitrogen and oxygen atoms in total. The molecule has 4 heteroatoms. The van der Waals surface area contributed by atoms with Gasteiger partial charge in [-0.15, -0.1) is 0 Å². The average molecular weight is 265 g/mol. The fraction of sp³-hybridized carbons (Fsp3) is 0.533. The highest BCUT2D eigenvalue weighted by molar-refractivity contribution is 5.66. The summed E-state index contributed by atoms with van der Waals surface area (Å²) in [5, 5.41) is 22.2. The highest BCUT2D eigenvalue weighted by Gasteiger charge is 2.23. The van der Waals surface area contributed by atoms with Gasteiger partial charge in [0.1, 0.15) is 0 Å². The number of aryl methyl sites for hydroxylation is 3. The second-order valence-corrected chi connectivity index (χ2v) is 5.08. The summed E-state index contributed by atoms with van der Waals surface area (Å²) in [7, 11) is 1.74. The van der Waals surface area contributed by atoms with Gasteiger partial charge in [0.25, 0.3) is 0 Å². The fourth-order valence-corrected chi connectivity index (χ4v) is 2.60. The molecule has 0 heterocycles. The maximum Gasteiger partial charge on any atom is 0.303 e. The molecule has 0 saturated heterocycles. The van der Waals surface area contributed by atoms with Gasteiger partial charge in [0, 0.05) is 12.5 Å². The fourth-order valence-electron chi connectivity index (χ4n) is 2.60. The van der Waals surface area contributed by atoms with E-state index in [9.17, 15) is 9.90 Å². The molecular formula is C15H23NO3. The number of rotatable bonds is 6. The lowest BCUT2D eigenvalue weighted by Crippen LogP contribution is -2.33. The number of hydrogen-bond donors (Lipinski definition) is 3. The molecule has 1 aromatic carbocycles. The molecule has 0 saturated carbocycles. The van der Waals surface area contributed by atoms with Crippen LogP contribution < -0.4 is 5.32 Å². The molecule has 0 radical (unpaired) electrons. The third-order valence-corrected chi connectivity index (χ3v) is 3.45. The van der Waals surface area contributed by atoms with E-state index in [0.29, 0.717) is 6.42 Å². The molecule has 3 N–H and O–H groups in total. The van der Waals surface area contributed by atoms with Crippen LogP contribution in [0.3, 0.4) is 0 Å². The Balaban J connectivity index is 2.97. The normalized spacial score (nSPS) is 14.2. The van der Waals surface area contributed by atoms with Gasteiger partial charge >= 0.3 is 5.97 Å². The molecule has 0 bridgehead atoms. The van der Waals surface area contributed by atoms with Gasteiger partial charge < -0.3 is 15.5 Å². The first-order valence-electron chi connectivity index (χ1n) is 6.51. The average Bonchev–Trinajstić information content (AvgIpc) is 2.27. The molecule has 0 aliphatic heterocycles. The highest BCUT2D eigenvalue weighted by Crippen LogP contribution is 2.27. The number of carboxylic acid groups (broad SMARTS) is 1. The number of likely N-dealkylation sites (N-methyl/N-ethyl adjacent to an activating group) is 1. The minimum absolute atomic E-state index is 0.0481. The van der Waals surface area contributed by atoms with E-state index in [2.05, 4.69) is 5.32 Å². The van der Waals surface area contributed by atoms with Crippen molar-refractivity contribution in [1.29, 1.82) is 0 Å². The first-order chi connectivity index (χ1) is 8.86. The van der Waals surface area contributed by atoms with Crippen molar-refractivity contribution in [3.05, 3.63) is 34.4 Å². The Morgan fingerprint density at radius 2 is 1.79 bits per heavy atom. The van der Waals surface area contributed by atoms with Crippen LogP contribution in [0, 0.1) is 20.8 Å². The Hall–Kier alpha value is -1.39. The Labute approximate surface area is 114 Å². The van der Waals surface area contributed by atoms with Crippen LogP contribution in [0.25, 0.3) is 0 Å². The summed E-state index contributed by atoms with van der Waals surface area (Å²) in [5.41, 5.74) is 4.15. The van der Waals surface area contributed by atoms with E-state index < -0.39 is 12.1 Å². The van der Waals surface area contributed by atoms with Crippen LogP contribution in [-0.4, -0.2) is 29.3 Å². The zero-order valence-electron chi connectivity index (χ0n) is 12.0. The summed E-state index contributed by atoms with van der Waals surface area (Å²) in [6.07, 6.45) is -0.239. The maximum absolute atomic E-state index is 10.6. The number of carbonyl (C=O) groups is 1. The third kappa shape index (κ3) is 4.04. The Bertz CT molecular complexity index is 434. The number of benzene rings is 1. The van der Waals surface area contributed by atoms with E-state index in [0.717, 1.165) is 22.3 Å². The minimum atomic E-state index is -0.843. The molecule has 0 aromatic heterocycles. The van der Waals surface area contributed by atoms with Crippen molar-refractivity contribution in [2.45, 2.75) is 45.8 Å². The van der Waals surface area contributed by atoms with Gasteiger partial charge in [0.15, 0.2) is 0 Å². The minimum Gasteiger partial charge on any atom is -0.481 e. The molecule has 19 heavy (non-hydrogen) atoms. The van der Waals surface area contributed by atoms with Crippen molar-refractivity contribution in [2.75, 3.05) is 7.05 Å². The molecule has 0 aliphatic rings.